The van der Waals surface area contributed by atoms with E-state index in [4.69, 9.17) is 15.2 Å². The molecule has 0 radical (unpaired) electrons. The number of aryl methyl sites for hydroxylation is 1. The first-order valence-electron chi connectivity index (χ1n) is 8.52. The molecule has 0 saturated heterocycles. The highest BCUT2D eigenvalue weighted by Gasteiger charge is 2.14. The van der Waals surface area contributed by atoms with Gasteiger partial charge in [0.1, 0.15) is 17.3 Å². The van der Waals surface area contributed by atoms with Crippen LogP contribution in [0.2, 0.25) is 0 Å². The summed E-state index contributed by atoms with van der Waals surface area (Å²) in [6.45, 7) is 2.14. The highest BCUT2D eigenvalue weighted by molar-refractivity contribution is 5.84. The Labute approximate surface area is 151 Å². The van der Waals surface area contributed by atoms with E-state index in [1.165, 1.54) is 5.56 Å². The molecule has 0 atom stereocenters. The standard InChI is InChI=1S/C22H16N4/c1-2-15-8-10-17(11-9-15)20-21(16-6-4-3-5-7-16)26-22-19(25-20)13-12-18(14-23)24-22/h3-13H,2H2,1H3. The second-order valence-electron chi connectivity index (χ2n) is 5.99. The molecule has 0 N–H and O–H groups in total. The molecule has 4 aromatic rings. The molecule has 0 spiro atoms. The summed E-state index contributed by atoms with van der Waals surface area (Å²) in [5.74, 6) is 0. The zero-order valence-corrected chi connectivity index (χ0v) is 14.3. The van der Waals surface area contributed by atoms with Crippen molar-refractivity contribution in [2.24, 2.45) is 0 Å². The maximum absolute atomic E-state index is 9.10. The van der Waals surface area contributed by atoms with E-state index in [1.807, 2.05) is 30.3 Å². The zero-order chi connectivity index (χ0) is 17.9. The lowest BCUT2D eigenvalue weighted by atomic mass is 10.0. The van der Waals surface area contributed by atoms with E-state index in [0.29, 0.717) is 16.9 Å². The van der Waals surface area contributed by atoms with E-state index in [1.54, 1.807) is 12.1 Å². The van der Waals surface area contributed by atoms with Crippen LogP contribution in [0.3, 0.4) is 0 Å². The first kappa shape index (κ1) is 15.9. The molecule has 4 heteroatoms. The number of aromatic nitrogens is 3. The Bertz CT molecular complexity index is 1110. The highest BCUT2D eigenvalue weighted by Crippen LogP contribution is 2.30. The Hall–Kier alpha value is -3.58. The molecule has 0 fully saturated rings. The van der Waals surface area contributed by atoms with E-state index >= 15 is 0 Å². The van der Waals surface area contributed by atoms with Crippen molar-refractivity contribution in [2.45, 2.75) is 13.3 Å². The molecule has 2 heterocycles. The van der Waals surface area contributed by atoms with Gasteiger partial charge in [0, 0.05) is 11.1 Å². The van der Waals surface area contributed by atoms with E-state index in [-0.39, 0.29) is 0 Å². The average molecular weight is 336 g/mol. The van der Waals surface area contributed by atoms with Gasteiger partial charge in [-0.05, 0) is 24.1 Å². The third-order valence-corrected chi connectivity index (χ3v) is 4.33. The fraction of sp³-hybridized carbons (Fsp3) is 0.0909. The van der Waals surface area contributed by atoms with E-state index < -0.39 is 0 Å². The minimum atomic E-state index is 0.339. The lowest BCUT2D eigenvalue weighted by Gasteiger charge is -2.10. The number of fused-ring (bicyclic) bond motifs is 1. The topological polar surface area (TPSA) is 62.5 Å². The Morgan fingerprint density at radius 3 is 2.15 bits per heavy atom. The van der Waals surface area contributed by atoms with Crippen LogP contribution >= 0.6 is 0 Å². The van der Waals surface area contributed by atoms with Crippen LogP contribution in [-0.2, 0) is 6.42 Å². The number of rotatable bonds is 3. The van der Waals surface area contributed by atoms with Crippen molar-refractivity contribution in [1.82, 2.24) is 15.0 Å². The monoisotopic (exact) mass is 336 g/mol. The average Bonchev–Trinajstić information content (AvgIpc) is 2.73. The number of hydrogen-bond acceptors (Lipinski definition) is 4. The van der Waals surface area contributed by atoms with Gasteiger partial charge in [0.05, 0.1) is 11.4 Å². The van der Waals surface area contributed by atoms with Crippen LogP contribution < -0.4 is 0 Å². The molecule has 4 rings (SSSR count). The summed E-state index contributed by atoms with van der Waals surface area (Å²) in [5.41, 5.74) is 6.35. The minimum Gasteiger partial charge on any atom is -0.242 e. The molecule has 26 heavy (non-hydrogen) atoms. The molecule has 0 aliphatic rings. The maximum Gasteiger partial charge on any atom is 0.180 e. The summed E-state index contributed by atoms with van der Waals surface area (Å²) in [6, 6.07) is 23.9. The summed E-state index contributed by atoms with van der Waals surface area (Å²) in [4.78, 5) is 13.9. The molecule has 2 aromatic heterocycles. The van der Waals surface area contributed by atoms with Gasteiger partial charge in [-0.3, -0.25) is 0 Å². The third kappa shape index (κ3) is 2.91. The smallest absolute Gasteiger partial charge is 0.180 e. The van der Waals surface area contributed by atoms with Crippen molar-refractivity contribution in [2.75, 3.05) is 0 Å². The number of hydrogen-bond donors (Lipinski definition) is 0. The molecule has 4 nitrogen and oxygen atoms in total. The Morgan fingerprint density at radius 1 is 0.769 bits per heavy atom. The second kappa shape index (κ2) is 6.73. The van der Waals surface area contributed by atoms with E-state index in [9.17, 15) is 0 Å². The van der Waals surface area contributed by atoms with Crippen molar-refractivity contribution in [3.63, 3.8) is 0 Å². The second-order valence-corrected chi connectivity index (χ2v) is 5.99. The van der Waals surface area contributed by atoms with Crippen molar-refractivity contribution in [3.05, 3.63) is 78.0 Å². The van der Waals surface area contributed by atoms with Crippen LogP contribution in [0.15, 0.2) is 66.7 Å². The molecule has 0 saturated carbocycles. The number of benzene rings is 2. The van der Waals surface area contributed by atoms with Crippen LogP contribution in [0.4, 0.5) is 0 Å². The zero-order valence-electron chi connectivity index (χ0n) is 14.3. The van der Waals surface area contributed by atoms with Crippen molar-refractivity contribution >= 4 is 11.2 Å². The quantitative estimate of drug-likeness (QED) is 0.539. The first-order valence-corrected chi connectivity index (χ1v) is 8.52. The maximum atomic E-state index is 9.10. The largest absolute Gasteiger partial charge is 0.242 e. The van der Waals surface area contributed by atoms with Crippen LogP contribution in [0.1, 0.15) is 18.2 Å². The van der Waals surface area contributed by atoms with Crippen LogP contribution in [0, 0.1) is 11.3 Å². The summed E-state index contributed by atoms with van der Waals surface area (Å²) >= 11 is 0. The summed E-state index contributed by atoms with van der Waals surface area (Å²) in [6.07, 6.45) is 0.996. The fourth-order valence-corrected chi connectivity index (χ4v) is 2.90. The van der Waals surface area contributed by atoms with Gasteiger partial charge in [0.15, 0.2) is 5.65 Å². The molecule has 0 amide bonds. The Balaban J connectivity index is 1.98. The van der Waals surface area contributed by atoms with Crippen LogP contribution in [-0.4, -0.2) is 15.0 Å². The predicted molar refractivity (Wildman–Crippen MR) is 102 cm³/mol. The molecule has 0 bridgehead atoms. The van der Waals surface area contributed by atoms with Crippen molar-refractivity contribution in [3.8, 4) is 28.6 Å². The molecular weight excluding hydrogens is 320 g/mol. The number of nitrogens with zero attached hydrogens (tertiary/aromatic N) is 4. The molecular formula is C22H16N4. The van der Waals surface area contributed by atoms with Gasteiger partial charge >= 0.3 is 0 Å². The van der Waals surface area contributed by atoms with Crippen LogP contribution in [0.5, 0.6) is 0 Å². The third-order valence-electron chi connectivity index (χ3n) is 4.33. The van der Waals surface area contributed by atoms with Gasteiger partial charge < -0.3 is 0 Å². The van der Waals surface area contributed by atoms with Gasteiger partial charge in [0.2, 0.25) is 0 Å². The normalized spacial score (nSPS) is 10.6. The Morgan fingerprint density at radius 2 is 1.46 bits per heavy atom. The van der Waals surface area contributed by atoms with Crippen LogP contribution in [0.25, 0.3) is 33.7 Å². The molecule has 2 aromatic carbocycles. The fourth-order valence-electron chi connectivity index (χ4n) is 2.90. The lowest BCUT2D eigenvalue weighted by Crippen LogP contribution is -1.98. The summed E-state index contributed by atoms with van der Waals surface area (Å²) < 4.78 is 0. The molecule has 0 aliphatic heterocycles. The molecule has 124 valence electrons. The van der Waals surface area contributed by atoms with Gasteiger partial charge in [0.25, 0.3) is 0 Å². The highest BCUT2D eigenvalue weighted by atomic mass is 14.9. The number of pyridine rings is 1. The van der Waals surface area contributed by atoms with Gasteiger partial charge in [-0.15, -0.1) is 0 Å². The van der Waals surface area contributed by atoms with Gasteiger partial charge in [-0.25, -0.2) is 15.0 Å². The summed E-state index contributed by atoms with van der Waals surface area (Å²) in [5, 5.41) is 9.10. The molecule has 0 aliphatic carbocycles. The minimum absolute atomic E-state index is 0.339. The summed E-state index contributed by atoms with van der Waals surface area (Å²) in [7, 11) is 0. The predicted octanol–water partition coefficient (Wildman–Crippen LogP) is 4.79. The van der Waals surface area contributed by atoms with Crippen molar-refractivity contribution in [1.29, 1.82) is 5.26 Å². The number of nitriles is 1. The lowest BCUT2D eigenvalue weighted by molar-refractivity contribution is 1.14. The molecule has 0 unspecified atom stereocenters. The first-order chi connectivity index (χ1) is 12.8. The SMILES string of the molecule is CCc1ccc(-c2nc3ccc(C#N)nc3nc2-c2ccccc2)cc1. The van der Waals surface area contributed by atoms with E-state index in [0.717, 1.165) is 28.9 Å². The van der Waals surface area contributed by atoms with Gasteiger partial charge in [-0.2, -0.15) is 5.26 Å². The van der Waals surface area contributed by atoms with E-state index in [2.05, 4.69) is 42.2 Å². The van der Waals surface area contributed by atoms with Crippen molar-refractivity contribution < 1.29 is 0 Å². The van der Waals surface area contributed by atoms with Gasteiger partial charge in [-0.1, -0.05) is 61.5 Å². The Kier molecular flexibility index (Phi) is 4.12.